The van der Waals surface area contributed by atoms with Gasteiger partial charge in [-0.05, 0) is 79.6 Å². The molecule has 224 valence electrons. The van der Waals surface area contributed by atoms with Crippen molar-refractivity contribution < 1.29 is 0 Å². The van der Waals surface area contributed by atoms with Gasteiger partial charge in [-0.25, -0.2) is 9.97 Å². The van der Waals surface area contributed by atoms with Gasteiger partial charge in [0.2, 0.25) is 0 Å². The molecule has 0 N–H and O–H groups in total. The lowest BCUT2D eigenvalue weighted by molar-refractivity contribution is 0.994. The first-order chi connectivity index (χ1) is 23.1. The van der Waals surface area contributed by atoms with E-state index in [2.05, 4.69) is 154 Å². The fourth-order valence-electron chi connectivity index (χ4n) is 6.97. The van der Waals surface area contributed by atoms with Gasteiger partial charge < -0.3 is 4.57 Å². The number of aryl methyl sites for hydroxylation is 2. The topological polar surface area (TPSA) is 34.0 Å². The largest absolute Gasteiger partial charge is 0.309 e. The van der Waals surface area contributed by atoms with Crippen molar-refractivity contribution in [3.63, 3.8) is 0 Å². The molecular formula is C42H30N4S. The van der Waals surface area contributed by atoms with Gasteiger partial charge in [-0.15, -0.1) is 11.3 Å². The maximum absolute atomic E-state index is 4.87. The Balaban J connectivity index is 1.23. The Bertz CT molecular complexity index is 2590. The van der Waals surface area contributed by atoms with E-state index in [-0.39, 0.29) is 0 Å². The molecule has 0 aliphatic rings. The van der Waals surface area contributed by atoms with E-state index in [1.54, 1.807) is 0 Å². The monoisotopic (exact) mass is 622 g/mol. The molecule has 9 aromatic rings. The Labute approximate surface area is 276 Å². The van der Waals surface area contributed by atoms with E-state index in [1.165, 1.54) is 47.6 Å². The molecule has 0 spiro atoms. The molecular weight excluding hydrogens is 593 g/mol. The van der Waals surface area contributed by atoms with E-state index in [0.29, 0.717) is 0 Å². The molecule has 0 amide bonds. The number of hydrogen-bond acceptors (Lipinski definition) is 4. The second-order valence-electron chi connectivity index (χ2n) is 12.0. The first kappa shape index (κ1) is 27.5. The molecule has 4 nitrogen and oxygen atoms in total. The van der Waals surface area contributed by atoms with Gasteiger partial charge in [-0.3, -0.25) is 4.90 Å². The third-order valence-electron chi connectivity index (χ3n) is 8.93. The SMILES string of the molecule is Cc1cc(N(c2ccccc2)c2ccc3c(c2)c2ccccc2n3-c2cccc(-c3cccc4c3sc3ccccc34)c2)nc(C)n1. The number of rotatable bonds is 5. The lowest BCUT2D eigenvalue weighted by atomic mass is 10.0. The van der Waals surface area contributed by atoms with Crippen LogP contribution in [0.15, 0.2) is 146 Å². The lowest BCUT2D eigenvalue weighted by Gasteiger charge is -2.25. The minimum atomic E-state index is 0.754. The van der Waals surface area contributed by atoms with E-state index in [0.717, 1.165) is 39.9 Å². The van der Waals surface area contributed by atoms with Crippen LogP contribution in [0.1, 0.15) is 11.5 Å². The first-order valence-electron chi connectivity index (χ1n) is 15.8. The third-order valence-corrected chi connectivity index (χ3v) is 10.1. The van der Waals surface area contributed by atoms with Crippen molar-refractivity contribution in [3.05, 3.63) is 157 Å². The molecule has 3 heterocycles. The third kappa shape index (κ3) is 4.58. The molecule has 0 saturated carbocycles. The van der Waals surface area contributed by atoms with Crippen LogP contribution in [0.2, 0.25) is 0 Å². The second-order valence-corrected chi connectivity index (χ2v) is 13.0. The average molecular weight is 623 g/mol. The highest BCUT2D eigenvalue weighted by molar-refractivity contribution is 7.26. The summed E-state index contributed by atoms with van der Waals surface area (Å²) < 4.78 is 5.05. The van der Waals surface area contributed by atoms with E-state index in [9.17, 15) is 0 Å². The van der Waals surface area contributed by atoms with Gasteiger partial charge >= 0.3 is 0 Å². The molecule has 0 unspecified atom stereocenters. The minimum Gasteiger partial charge on any atom is -0.309 e. The number of para-hydroxylation sites is 2. The molecule has 6 aromatic carbocycles. The summed E-state index contributed by atoms with van der Waals surface area (Å²) in [5.41, 5.74) is 9.01. The number of thiophene rings is 1. The zero-order chi connectivity index (χ0) is 31.5. The molecule has 0 radical (unpaired) electrons. The van der Waals surface area contributed by atoms with Crippen molar-refractivity contribution in [1.82, 2.24) is 14.5 Å². The number of benzene rings is 6. The fourth-order valence-corrected chi connectivity index (χ4v) is 8.21. The minimum absolute atomic E-state index is 0.754. The molecule has 0 aliphatic carbocycles. The molecule has 0 saturated heterocycles. The predicted octanol–water partition coefficient (Wildman–Crippen LogP) is 11.7. The van der Waals surface area contributed by atoms with Crippen molar-refractivity contribution in [2.24, 2.45) is 0 Å². The summed E-state index contributed by atoms with van der Waals surface area (Å²) in [5.74, 6) is 1.61. The van der Waals surface area contributed by atoms with Crippen LogP contribution in [0, 0.1) is 13.8 Å². The number of nitrogens with zero attached hydrogens (tertiary/aromatic N) is 4. The summed E-state index contributed by atoms with van der Waals surface area (Å²) in [4.78, 5) is 11.6. The Morgan fingerprint density at radius 1 is 0.553 bits per heavy atom. The molecule has 0 bridgehead atoms. The first-order valence-corrected chi connectivity index (χ1v) is 16.7. The van der Waals surface area contributed by atoms with Crippen LogP contribution in [0.5, 0.6) is 0 Å². The van der Waals surface area contributed by atoms with E-state index >= 15 is 0 Å². The van der Waals surface area contributed by atoms with Crippen molar-refractivity contribution in [3.8, 4) is 16.8 Å². The van der Waals surface area contributed by atoms with Gasteiger partial charge in [0.15, 0.2) is 0 Å². The van der Waals surface area contributed by atoms with Crippen LogP contribution in [0.4, 0.5) is 17.2 Å². The summed E-state index contributed by atoms with van der Waals surface area (Å²) in [6.45, 7) is 3.97. The van der Waals surface area contributed by atoms with Crippen LogP contribution in [-0.4, -0.2) is 14.5 Å². The Hall–Kier alpha value is -5.78. The van der Waals surface area contributed by atoms with Crippen molar-refractivity contribution >= 4 is 70.5 Å². The zero-order valence-corrected chi connectivity index (χ0v) is 26.9. The number of anilines is 3. The van der Waals surface area contributed by atoms with Crippen molar-refractivity contribution in [1.29, 1.82) is 0 Å². The highest BCUT2D eigenvalue weighted by atomic mass is 32.1. The standard InChI is InChI=1S/C42H30N4S/c1-27-24-41(44-28(2)43-27)45(30-13-4-3-5-14-30)32-22-23-39-37(26-32)34-16-6-8-20-38(34)46(39)31-15-10-12-29(25-31)33-18-11-19-36-35-17-7-9-21-40(35)47-42(33)36/h3-26H,1-2H3. The van der Waals surface area contributed by atoms with Crippen LogP contribution < -0.4 is 4.90 Å². The molecule has 0 atom stereocenters. The van der Waals surface area contributed by atoms with Crippen molar-refractivity contribution in [2.45, 2.75) is 13.8 Å². The van der Waals surface area contributed by atoms with Crippen LogP contribution in [-0.2, 0) is 0 Å². The predicted molar refractivity (Wildman–Crippen MR) is 199 cm³/mol. The summed E-state index contributed by atoms with van der Waals surface area (Å²) in [6, 6.07) is 52.3. The Morgan fingerprint density at radius 2 is 1.30 bits per heavy atom. The van der Waals surface area contributed by atoms with Crippen LogP contribution >= 0.6 is 11.3 Å². The van der Waals surface area contributed by atoms with E-state index in [4.69, 9.17) is 4.98 Å². The molecule has 3 aromatic heterocycles. The summed E-state index contributed by atoms with van der Waals surface area (Å²) in [7, 11) is 0. The summed E-state index contributed by atoms with van der Waals surface area (Å²) in [6.07, 6.45) is 0. The smallest absolute Gasteiger partial charge is 0.141 e. The van der Waals surface area contributed by atoms with Crippen LogP contribution in [0.25, 0.3) is 58.8 Å². The number of hydrogen-bond donors (Lipinski definition) is 0. The van der Waals surface area contributed by atoms with E-state index in [1.807, 2.05) is 31.3 Å². The normalized spacial score (nSPS) is 11.6. The molecule has 47 heavy (non-hydrogen) atoms. The molecule has 5 heteroatoms. The number of aromatic nitrogens is 3. The second kappa shape index (κ2) is 10.9. The lowest BCUT2D eigenvalue weighted by Crippen LogP contribution is -2.13. The maximum Gasteiger partial charge on any atom is 0.141 e. The van der Waals surface area contributed by atoms with Gasteiger partial charge in [-0.2, -0.15) is 0 Å². The maximum atomic E-state index is 4.87. The van der Waals surface area contributed by atoms with Gasteiger partial charge in [0, 0.05) is 59.8 Å². The summed E-state index contributed by atoms with van der Waals surface area (Å²) >= 11 is 1.87. The Morgan fingerprint density at radius 3 is 2.17 bits per heavy atom. The van der Waals surface area contributed by atoms with Crippen LogP contribution in [0.3, 0.4) is 0 Å². The van der Waals surface area contributed by atoms with Gasteiger partial charge in [-0.1, -0.05) is 84.9 Å². The highest BCUT2D eigenvalue weighted by Gasteiger charge is 2.19. The molecule has 0 aliphatic heterocycles. The quantitative estimate of drug-likeness (QED) is 0.191. The summed E-state index contributed by atoms with van der Waals surface area (Å²) in [5, 5.41) is 5.04. The zero-order valence-electron chi connectivity index (χ0n) is 26.1. The molecule has 0 fully saturated rings. The van der Waals surface area contributed by atoms with Crippen molar-refractivity contribution in [2.75, 3.05) is 4.90 Å². The van der Waals surface area contributed by atoms with Gasteiger partial charge in [0.1, 0.15) is 11.6 Å². The Kier molecular flexibility index (Phi) is 6.40. The molecule has 9 rings (SSSR count). The van der Waals surface area contributed by atoms with E-state index < -0.39 is 0 Å². The average Bonchev–Trinajstić information content (AvgIpc) is 3.64. The highest BCUT2D eigenvalue weighted by Crippen LogP contribution is 2.42. The van der Waals surface area contributed by atoms with Gasteiger partial charge in [0.25, 0.3) is 0 Å². The fraction of sp³-hybridized carbons (Fsp3) is 0.0476. The number of fused-ring (bicyclic) bond motifs is 6. The van der Waals surface area contributed by atoms with Gasteiger partial charge in [0.05, 0.1) is 11.0 Å².